The highest BCUT2D eigenvalue weighted by Crippen LogP contribution is 2.25. The topological polar surface area (TPSA) is 85.2 Å². The van der Waals surface area contributed by atoms with Crippen LogP contribution >= 0.6 is 0 Å². The van der Waals surface area contributed by atoms with Gasteiger partial charge in [-0.2, -0.15) is 5.26 Å². The molecule has 0 spiro atoms. The van der Waals surface area contributed by atoms with E-state index in [9.17, 15) is 9.18 Å². The first-order valence-electron chi connectivity index (χ1n) is 8.45. The molecule has 0 unspecified atom stereocenters. The van der Waals surface area contributed by atoms with E-state index in [2.05, 4.69) is 20.2 Å². The highest BCUT2D eigenvalue weighted by molar-refractivity contribution is 5.97. The van der Waals surface area contributed by atoms with E-state index in [1.54, 1.807) is 17.0 Å². The molecule has 1 aromatic carbocycles. The van der Waals surface area contributed by atoms with E-state index >= 15 is 0 Å². The quantitative estimate of drug-likeness (QED) is 0.860. The van der Waals surface area contributed by atoms with Gasteiger partial charge in [-0.25, -0.2) is 14.4 Å². The van der Waals surface area contributed by atoms with Crippen LogP contribution in [0.15, 0.2) is 30.6 Å². The molecule has 26 heavy (non-hydrogen) atoms. The van der Waals surface area contributed by atoms with Gasteiger partial charge in [0.2, 0.25) is 5.91 Å². The van der Waals surface area contributed by atoms with E-state index in [0.29, 0.717) is 30.2 Å². The Balaban J connectivity index is 1.65. The summed E-state index contributed by atoms with van der Waals surface area (Å²) in [4.78, 5) is 25.1. The molecular weight excluding hydrogens is 335 g/mol. The van der Waals surface area contributed by atoms with Crippen LogP contribution in [0.25, 0.3) is 11.3 Å². The normalized spacial score (nSPS) is 20.5. The van der Waals surface area contributed by atoms with Crippen LogP contribution in [0, 0.1) is 17.1 Å². The fourth-order valence-corrected chi connectivity index (χ4v) is 3.46. The Morgan fingerprint density at radius 1 is 1.19 bits per heavy atom. The number of anilines is 1. The van der Waals surface area contributed by atoms with E-state index in [1.165, 1.54) is 18.5 Å². The SMILES string of the molecule is N#Cc1cc(F)cc(-c2cc(N3CCN4CCNC[C@@H]4C3=O)ncn2)c1. The molecule has 2 aromatic rings. The Bertz CT molecular complexity index is 895. The Kier molecular flexibility index (Phi) is 4.32. The lowest BCUT2D eigenvalue weighted by molar-refractivity contribution is -0.126. The summed E-state index contributed by atoms with van der Waals surface area (Å²) < 4.78 is 13.7. The zero-order valence-electron chi connectivity index (χ0n) is 14.0. The first kappa shape index (κ1) is 16.6. The summed E-state index contributed by atoms with van der Waals surface area (Å²) in [6.45, 7) is 3.72. The first-order chi connectivity index (χ1) is 12.7. The van der Waals surface area contributed by atoms with Crippen molar-refractivity contribution >= 4 is 11.7 Å². The van der Waals surface area contributed by atoms with Gasteiger partial charge in [-0.1, -0.05) is 0 Å². The van der Waals surface area contributed by atoms with Gasteiger partial charge in [0.1, 0.15) is 24.0 Å². The van der Waals surface area contributed by atoms with Gasteiger partial charge in [0, 0.05) is 44.4 Å². The molecule has 0 bridgehead atoms. The number of carbonyl (C=O) groups is 1. The number of hydrogen-bond donors (Lipinski definition) is 1. The fourth-order valence-electron chi connectivity index (χ4n) is 3.46. The van der Waals surface area contributed by atoms with E-state index in [4.69, 9.17) is 5.26 Å². The number of amides is 1. The van der Waals surface area contributed by atoms with Gasteiger partial charge in [0.25, 0.3) is 0 Å². The van der Waals surface area contributed by atoms with Crippen molar-refractivity contribution in [3.05, 3.63) is 42.0 Å². The van der Waals surface area contributed by atoms with Crippen LogP contribution in [0.2, 0.25) is 0 Å². The Labute approximate surface area is 150 Å². The van der Waals surface area contributed by atoms with Crippen molar-refractivity contribution in [3.8, 4) is 17.3 Å². The van der Waals surface area contributed by atoms with Crippen molar-refractivity contribution < 1.29 is 9.18 Å². The fraction of sp³-hybridized carbons (Fsp3) is 0.333. The molecule has 1 aromatic heterocycles. The number of piperazine rings is 2. The van der Waals surface area contributed by atoms with Gasteiger partial charge in [0.05, 0.1) is 17.3 Å². The van der Waals surface area contributed by atoms with E-state index in [-0.39, 0.29) is 17.5 Å². The van der Waals surface area contributed by atoms with Crippen molar-refractivity contribution in [1.82, 2.24) is 20.2 Å². The monoisotopic (exact) mass is 352 g/mol. The van der Waals surface area contributed by atoms with Crippen molar-refractivity contribution in [2.24, 2.45) is 0 Å². The second-order valence-electron chi connectivity index (χ2n) is 6.35. The molecule has 132 valence electrons. The number of nitrogens with zero attached hydrogens (tertiary/aromatic N) is 5. The number of carbonyl (C=O) groups excluding carboxylic acids is 1. The number of halogens is 1. The first-order valence-corrected chi connectivity index (χ1v) is 8.45. The van der Waals surface area contributed by atoms with E-state index in [1.807, 2.05) is 6.07 Å². The van der Waals surface area contributed by atoms with Gasteiger partial charge in [-0.15, -0.1) is 0 Å². The minimum Gasteiger partial charge on any atom is -0.313 e. The molecule has 8 heteroatoms. The lowest BCUT2D eigenvalue weighted by Gasteiger charge is -2.42. The number of nitriles is 1. The predicted molar refractivity (Wildman–Crippen MR) is 92.7 cm³/mol. The molecule has 1 amide bonds. The lowest BCUT2D eigenvalue weighted by Crippen LogP contribution is -2.64. The zero-order valence-corrected chi connectivity index (χ0v) is 14.0. The van der Waals surface area contributed by atoms with Gasteiger partial charge in [-0.3, -0.25) is 14.6 Å². The van der Waals surface area contributed by atoms with Crippen LogP contribution in [0.4, 0.5) is 10.2 Å². The van der Waals surface area contributed by atoms with Gasteiger partial charge in [0.15, 0.2) is 0 Å². The molecule has 3 heterocycles. The maximum absolute atomic E-state index is 13.7. The molecule has 2 saturated heterocycles. The number of benzene rings is 1. The Hall–Kier alpha value is -2.89. The maximum Gasteiger partial charge on any atom is 0.246 e. The second-order valence-corrected chi connectivity index (χ2v) is 6.35. The predicted octanol–water partition coefficient (Wildman–Crippen LogP) is 0.775. The molecule has 2 fully saturated rings. The standard InChI is InChI=1S/C18H17FN6O/c19-14-6-12(9-20)5-13(7-14)15-8-17(23-11-22-15)25-4-3-24-2-1-21-10-16(24)18(25)26/h5-8,11,16,21H,1-4,10H2/t16-/m1/s1. The van der Waals surface area contributed by atoms with Crippen molar-refractivity contribution in [3.63, 3.8) is 0 Å². The van der Waals surface area contributed by atoms with Gasteiger partial charge >= 0.3 is 0 Å². The third-order valence-electron chi connectivity index (χ3n) is 4.77. The molecule has 2 aliphatic heterocycles. The summed E-state index contributed by atoms with van der Waals surface area (Å²) in [5.74, 6) is -0.00442. The largest absolute Gasteiger partial charge is 0.313 e. The summed E-state index contributed by atoms with van der Waals surface area (Å²) in [5, 5.41) is 12.3. The third kappa shape index (κ3) is 3.03. The summed E-state index contributed by atoms with van der Waals surface area (Å²) >= 11 is 0. The summed E-state index contributed by atoms with van der Waals surface area (Å²) in [7, 11) is 0. The minimum absolute atomic E-state index is 0.00468. The molecule has 1 N–H and O–H groups in total. The smallest absolute Gasteiger partial charge is 0.246 e. The Morgan fingerprint density at radius 2 is 2.08 bits per heavy atom. The number of aromatic nitrogens is 2. The number of hydrogen-bond acceptors (Lipinski definition) is 6. The molecule has 1 atom stereocenters. The van der Waals surface area contributed by atoms with Crippen LogP contribution in [0.3, 0.4) is 0 Å². The number of nitrogens with one attached hydrogen (secondary N) is 1. The molecule has 7 nitrogen and oxygen atoms in total. The average Bonchev–Trinajstić information content (AvgIpc) is 2.68. The average molecular weight is 352 g/mol. The third-order valence-corrected chi connectivity index (χ3v) is 4.77. The van der Waals surface area contributed by atoms with Crippen molar-refractivity contribution in [2.75, 3.05) is 37.6 Å². The summed E-state index contributed by atoms with van der Waals surface area (Å²) in [6.07, 6.45) is 1.36. The van der Waals surface area contributed by atoms with Gasteiger partial charge in [-0.05, 0) is 18.2 Å². The highest BCUT2D eigenvalue weighted by Gasteiger charge is 2.37. The van der Waals surface area contributed by atoms with Crippen LogP contribution < -0.4 is 10.2 Å². The van der Waals surface area contributed by atoms with E-state index < -0.39 is 5.82 Å². The minimum atomic E-state index is -0.503. The summed E-state index contributed by atoms with van der Waals surface area (Å²) in [6, 6.07) is 7.47. The van der Waals surface area contributed by atoms with Crippen LogP contribution in [0.5, 0.6) is 0 Å². The molecular formula is C18H17FN6O. The molecule has 0 saturated carbocycles. The summed E-state index contributed by atoms with van der Waals surface area (Å²) in [5.41, 5.74) is 1.18. The Morgan fingerprint density at radius 3 is 2.92 bits per heavy atom. The maximum atomic E-state index is 13.7. The lowest BCUT2D eigenvalue weighted by atomic mass is 10.1. The van der Waals surface area contributed by atoms with E-state index in [0.717, 1.165) is 19.6 Å². The molecule has 2 aliphatic rings. The van der Waals surface area contributed by atoms with Crippen LogP contribution in [0.1, 0.15) is 5.56 Å². The molecule has 4 rings (SSSR count). The van der Waals surface area contributed by atoms with Crippen molar-refractivity contribution in [1.29, 1.82) is 5.26 Å². The molecule has 0 radical (unpaired) electrons. The molecule has 0 aliphatic carbocycles. The second kappa shape index (κ2) is 6.78. The van der Waals surface area contributed by atoms with Gasteiger partial charge < -0.3 is 5.32 Å². The van der Waals surface area contributed by atoms with Crippen molar-refractivity contribution in [2.45, 2.75) is 6.04 Å². The zero-order chi connectivity index (χ0) is 18.1. The van der Waals surface area contributed by atoms with Crippen LogP contribution in [-0.4, -0.2) is 59.5 Å². The number of rotatable bonds is 2. The highest BCUT2D eigenvalue weighted by atomic mass is 19.1. The number of fused-ring (bicyclic) bond motifs is 1. The van der Waals surface area contributed by atoms with Crippen LogP contribution in [-0.2, 0) is 4.79 Å².